The molecule has 0 amide bonds. The molecular formula is C17H32N2. The Morgan fingerprint density at radius 2 is 1.79 bits per heavy atom. The van der Waals surface area contributed by atoms with E-state index >= 15 is 0 Å². The van der Waals surface area contributed by atoms with Crippen molar-refractivity contribution in [3.63, 3.8) is 0 Å². The number of likely N-dealkylation sites (tertiary alicyclic amines) is 1. The highest BCUT2D eigenvalue weighted by atomic mass is 15.1. The van der Waals surface area contributed by atoms with Crippen molar-refractivity contribution < 1.29 is 0 Å². The minimum Gasteiger partial charge on any atom is -0.303 e. The Hall–Kier alpha value is -0.550. The summed E-state index contributed by atoms with van der Waals surface area (Å²) in [6, 6.07) is 2.40. The molecule has 1 aliphatic rings. The molecule has 1 atom stereocenters. The number of nitriles is 1. The molecule has 2 nitrogen and oxygen atoms in total. The summed E-state index contributed by atoms with van der Waals surface area (Å²) in [4.78, 5) is 2.61. The largest absolute Gasteiger partial charge is 0.303 e. The molecule has 1 unspecified atom stereocenters. The van der Waals surface area contributed by atoms with Crippen LogP contribution in [0.1, 0.15) is 66.7 Å². The maximum Gasteiger partial charge on any atom is 0.0683 e. The van der Waals surface area contributed by atoms with E-state index in [0.717, 1.165) is 18.8 Å². The van der Waals surface area contributed by atoms with Crippen molar-refractivity contribution in [1.29, 1.82) is 5.26 Å². The van der Waals surface area contributed by atoms with Gasteiger partial charge >= 0.3 is 0 Å². The third-order valence-corrected chi connectivity index (χ3v) is 4.62. The van der Waals surface area contributed by atoms with Gasteiger partial charge in [0.05, 0.1) is 11.5 Å². The Kier molecular flexibility index (Phi) is 5.86. The zero-order valence-corrected chi connectivity index (χ0v) is 13.6. The van der Waals surface area contributed by atoms with Gasteiger partial charge in [-0.2, -0.15) is 5.26 Å². The smallest absolute Gasteiger partial charge is 0.0683 e. The molecule has 1 heterocycles. The zero-order chi connectivity index (χ0) is 14.5. The van der Waals surface area contributed by atoms with Crippen LogP contribution in [-0.4, -0.2) is 24.5 Å². The molecule has 0 aliphatic carbocycles. The molecule has 0 bridgehead atoms. The maximum absolute atomic E-state index is 9.04. The monoisotopic (exact) mass is 264 g/mol. The van der Waals surface area contributed by atoms with E-state index in [1.807, 2.05) is 13.8 Å². The van der Waals surface area contributed by atoms with Crippen molar-refractivity contribution in [3.05, 3.63) is 0 Å². The summed E-state index contributed by atoms with van der Waals surface area (Å²) in [5, 5.41) is 9.04. The first-order valence-electron chi connectivity index (χ1n) is 7.88. The SMILES string of the molecule is CC(C)(C#N)CCCN1CCCC(C(C)(C)C)CC1. The molecule has 0 N–H and O–H groups in total. The molecular weight excluding hydrogens is 232 g/mol. The second-order valence-electron chi connectivity index (χ2n) is 7.93. The molecule has 0 aromatic carbocycles. The first kappa shape index (κ1) is 16.5. The summed E-state index contributed by atoms with van der Waals surface area (Å²) in [6.07, 6.45) is 6.22. The number of hydrogen-bond donors (Lipinski definition) is 0. The molecule has 0 spiro atoms. The van der Waals surface area contributed by atoms with Crippen molar-refractivity contribution in [2.75, 3.05) is 19.6 Å². The fraction of sp³-hybridized carbons (Fsp3) is 0.941. The molecule has 0 radical (unpaired) electrons. The van der Waals surface area contributed by atoms with Crippen LogP contribution in [0.2, 0.25) is 0 Å². The van der Waals surface area contributed by atoms with Crippen LogP contribution in [0.5, 0.6) is 0 Å². The minimum absolute atomic E-state index is 0.153. The number of rotatable bonds is 4. The Labute approximate surface area is 120 Å². The molecule has 110 valence electrons. The lowest BCUT2D eigenvalue weighted by Gasteiger charge is -2.30. The summed E-state index contributed by atoms with van der Waals surface area (Å²) in [5.74, 6) is 0.869. The average Bonchev–Trinajstić information content (AvgIpc) is 2.54. The van der Waals surface area contributed by atoms with Crippen molar-refractivity contribution in [3.8, 4) is 6.07 Å². The standard InChI is InChI=1S/C17H32N2/c1-16(2,3)15-8-6-11-19(13-9-15)12-7-10-17(4,5)14-18/h15H,6-13H2,1-5H3. The zero-order valence-electron chi connectivity index (χ0n) is 13.6. The fourth-order valence-electron chi connectivity index (χ4n) is 3.05. The normalized spacial score (nSPS) is 22.8. The lowest BCUT2D eigenvalue weighted by Crippen LogP contribution is -2.28. The summed E-state index contributed by atoms with van der Waals surface area (Å²) in [5.41, 5.74) is 0.304. The predicted octanol–water partition coefficient (Wildman–Crippen LogP) is 4.46. The van der Waals surface area contributed by atoms with Crippen molar-refractivity contribution >= 4 is 0 Å². The highest BCUT2D eigenvalue weighted by Gasteiger charge is 2.27. The van der Waals surface area contributed by atoms with Crippen molar-refractivity contribution in [2.24, 2.45) is 16.7 Å². The summed E-state index contributed by atoms with van der Waals surface area (Å²) in [7, 11) is 0. The van der Waals surface area contributed by atoms with E-state index in [-0.39, 0.29) is 5.41 Å². The van der Waals surface area contributed by atoms with Crippen molar-refractivity contribution in [1.82, 2.24) is 4.90 Å². The topological polar surface area (TPSA) is 27.0 Å². The van der Waals surface area contributed by atoms with Gasteiger partial charge in [0, 0.05) is 0 Å². The van der Waals surface area contributed by atoms with Gasteiger partial charge in [0.1, 0.15) is 0 Å². The molecule has 0 aromatic heterocycles. The van der Waals surface area contributed by atoms with E-state index in [4.69, 9.17) is 5.26 Å². The Balaban J connectivity index is 2.32. The highest BCUT2D eigenvalue weighted by molar-refractivity contribution is 4.91. The van der Waals surface area contributed by atoms with Crippen LogP contribution in [0.15, 0.2) is 0 Å². The molecule has 1 aliphatic heterocycles. The molecule has 2 heteroatoms. The van der Waals surface area contributed by atoms with Gasteiger partial charge in [0.2, 0.25) is 0 Å². The van der Waals surface area contributed by atoms with E-state index in [1.54, 1.807) is 0 Å². The Morgan fingerprint density at radius 1 is 1.11 bits per heavy atom. The number of hydrogen-bond acceptors (Lipinski definition) is 2. The molecule has 1 saturated heterocycles. The van der Waals surface area contributed by atoms with Gasteiger partial charge in [0.25, 0.3) is 0 Å². The van der Waals surface area contributed by atoms with Crippen LogP contribution in [0.25, 0.3) is 0 Å². The lowest BCUT2D eigenvalue weighted by molar-refractivity contribution is 0.206. The third-order valence-electron chi connectivity index (χ3n) is 4.62. The van der Waals surface area contributed by atoms with Crippen LogP contribution >= 0.6 is 0 Å². The van der Waals surface area contributed by atoms with Crippen LogP contribution in [0.4, 0.5) is 0 Å². The van der Waals surface area contributed by atoms with Gasteiger partial charge < -0.3 is 4.90 Å². The maximum atomic E-state index is 9.04. The first-order chi connectivity index (χ1) is 8.74. The predicted molar refractivity (Wildman–Crippen MR) is 81.9 cm³/mol. The average molecular weight is 264 g/mol. The molecule has 1 rings (SSSR count). The van der Waals surface area contributed by atoms with Gasteiger partial charge in [-0.3, -0.25) is 0 Å². The lowest BCUT2D eigenvalue weighted by atomic mass is 9.77. The van der Waals surface area contributed by atoms with Gasteiger partial charge in [-0.1, -0.05) is 20.8 Å². The second kappa shape index (κ2) is 6.75. The second-order valence-corrected chi connectivity index (χ2v) is 7.93. The molecule has 0 saturated carbocycles. The van der Waals surface area contributed by atoms with Crippen LogP contribution in [-0.2, 0) is 0 Å². The first-order valence-corrected chi connectivity index (χ1v) is 7.88. The van der Waals surface area contributed by atoms with Gasteiger partial charge in [-0.25, -0.2) is 0 Å². The quantitative estimate of drug-likeness (QED) is 0.749. The van der Waals surface area contributed by atoms with Gasteiger partial charge in [-0.05, 0) is 76.9 Å². The number of nitrogens with zero attached hydrogens (tertiary/aromatic N) is 2. The van der Waals surface area contributed by atoms with E-state index in [9.17, 15) is 0 Å². The molecule has 19 heavy (non-hydrogen) atoms. The van der Waals surface area contributed by atoms with Crippen LogP contribution in [0, 0.1) is 28.1 Å². The molecule has 0 aromatic rings. The fourth-order valence-corrected chi connectivity index (χ4v) is 3.05. The Bertz CT molecular complexity index is 306. The van der Waals surface area contributed by atoms with E-state index in [2.05, 4.69) is 31.7 Å². The summed E-state index contributed by atoms with van der Waals surface area (Å²) >= 11 is 0. The van der Waals surface area contributed by atoms with Crippen molar-refractivity contribution in [2.45, 2.75) is 66.7 Å². The highest BCUT2D eigenvalue weighted by Crippen LogP contribution is 2.34. The Morgan fingerprint density at radius 3 is 2.37 bits per heavy atom. The van der Waals surface area contributed by atoms with Gasteiger partial charge in [0.15, 0.2) is 0 Å². The van der Waals surface area contributed by atoms with Gasteiger partial charge in [-0.15, -0.1) is 0 Å². The van der Waals surface area contributed by atoms with Crippen LogP contribution in [0.3, 0.4) is 0 Å². The molecule has 1 fully saturated rings. The van der Waals surface area contributed by atoms with E-state index in [0.29, 0.717) is 5.41 Å². The van der Waals surface area contributed by atoms with Crippen LogP contribution < -0.4 is 0 Å². The summed E-state index contributed by atoms with van der Waals surface area (Å²) < 4.78 is 0. The minimum atomic E-state index is -0.153. The van der Waals surface area contributed by atoms with E-state index in [1.165, 1.54) is 38.9 Å². The summed E-state index contributed by atoms with van der Waals surface area (Å²) in [6.45, 7) is 14.9. The van der Waals surface area contributed by atoms with E-state index < -0.39 is 0 Å². The third kappa shape index (κ3) is 5.95.